The van der Waals surface area contributed by atoms with Crippen molar-refractivity contribution in [2.45, 2.75) is 6.04 Å². The molecule has 0 radical (unpaired) electrons. The number of para-hydroxylation sites is 1. The summed E-state index contributed by atoms with van der Waals surface area (Å²) in [6.45, 7) is 0. The summed E-state index contributed by atoms with van der Waals surface area (Å²) < 4.78 is 2.52. The van der Waals surface area contributed by atoms with E-state index in [0.717, 1.165) is 33.5 Å². The van der Waals surface area contributed by atoms with E-state index in [1.807, 2.05) is 0 Å². The van der Waals surface area contributed by atoms with Crippen molar-refractivity contribution in [1.29, 1.82) is 0 Å². The fourth-order valence-corrected chi connectivity index (χ4v) is 9.65. The third-order valence-corrected chi connectivity index (χ3v) is 12.3. The summed E-state index contributed by atoms with van der Waals surface area (Å²) in [5, 5.41) is 13.7. The number of rotatable bonds is 5. The molecule has 3 heteroatoms. The highest BCUT2D eigenvalue weighted by Crippen LogP contribution is 2.46. The highest BCUT2D eigenvalue weighted by atomic mass is 15.1. The first-order valence-corrected chi connectivity index (χ1v) is 20.3. The molecular formula is C56H37N3. The van der Waals surface area contributed by atoms with Gasteiger partial charge >= 0.3 is 0 Å². The van der Waals surface area contributed by atoms with E-state index < -0.39 is 0 Å². The van der Waals surface area contributed by atoms with Crippen LogP contribution in [0.3, 0.4) is 0 Å². The molecule has 2 heterocycles. The molecule has 0 spiro atoms. The Morgan fingerprint density at radius 2 is 0.932 bits per heavy atom. The van der Waals surface area contributed by atoms with E-state index in [2.05, 4.69) is 222 Å². The van der Waals surface area contributed by atoms with Crippen molar-refractivity contribution in [3.8, 4) is 27.9 Å². The minimum Gasteiger partial charge on any atom is -0.359 e. The van der Waals surface area contributed by atoms with Crippen LogP contribution in [0.4, 0.5) is 5.69 Å². The Kier molecular flexibility index (Phi) is 7.60. The van der Waals surface area contributed by atoms with Crippen LogP contribution >= 0.6 is 0 Å². The first-order valence-electron chi connectivity index (χ1n) is 20.3. The number of nitrogens with one attached hydrogen (secondary N) is 1. The van der Waals surface area contributed by atoms with Crippen molar-refractivity contribution in [1.82, 2.24) is 9.88 Å². The van der Waals surface area contributed by atoms with Gasteiger partial charge in [0.25, 0.3) is 0 Å². The quantitative estimate of drug-likeness (QED) is 0.186. The van der Waals surface area contributed by atoms with Gasteiger partial charge < -0.3 is 9.88 Å². The molecule has 0 saturated heterocycles. The number of nitrogens with zero attached hydrogens (tertiary/aromatic N) is 2. The van der Waals surface area contributed by atoms with Crippen molar-refractivity contribution in [2.24, 2.45) is 4.99 Å². The molecule has 0 saturated carbocycles. The zero-order valence-corrected chi connectivity index (χ0v) is 32.2. The first-order chi connectivity index (χ1) is 29.3. The predicted octanol–water partition coefficient (Wildman–Crippen LogP) is 14.3. The molecule has 1 N–H and O–H groups in total. The van der Waals surface area contributed by atoms with Gasteiger partial charge in [-0.05, 0) is 79.0 Å². The molecule has 0 amide bonds. The molecule has 0 bridgehead atoms. The molecule has 1 aliphatic rings. The van der Waals surface area contributed by atoms with E-state index in [4.69, 9.17) is 4.99 Å². The summed E-state index contributed by atoms with van der Waals surface area (Å²) in [5.74, 6) is 0.874. The minimum atomic E-state index is -0.0191. The molecule has 10 aromatic carbocycles. The Morgan fingerprint density at radius 3 is 1.71 bits per heavy atom. The Balaban J connectivity index is 1.16. The number of fused-ring (bicyclic) bond motifs is 9. The fourth-order valence-electron chi connectivity index (χ4n) is 9.65. The Bertz CT molecular complexity index is 3430. The molecule has 1 aromatic heterocycles. The fraction of sp³-hybridized carbons (Fsp3) is 0.0179. The van der Waals surface area contributed by atoms with Gasteiger partial charge in [0.1, 0.15) is 5.84 Å². The monoisotopic (exact) mass is 751 g/mol. The van der Waals surface area contributed by atoms with Gasteiger partial charge in [-0.1, -0.05) is 188 Å². The van der Waals surface area contributed by atoms with E-state index >= 15 is 0 Å². The number of amidine groups is 1. The molecule has 12 rings (SSSR count). The van der Waals surface area contributed by atoms with E-state index in [9.17, 15) is 0 Å². The van der Waals surface area contributed by atoms with Crippen molar-refractivity contribution in [2.75, 3.05) is 0 Å². The molecule has 0 fully saturated rings. The zero-order valence-electron chi connectivity index (χ0n) is 32.2. The van der Waals surface area contributed by atoms with Crippen molar-refractivity contribution in [3.05, 3.63) is 229 Å². The molecule has 1 aliphatic heterocycles. The van der Waals surface area contributed by atoms with E-state index in [1.165, 1.54) is 76.7 Å². The Labute approximate surface area is 342 Å². The van der Waals surface area contributed by atoms with Crippen LogP contribution in [-0.2, 0) is 0 Å². The highest BCUT2D eigenvalue weighted by molar-refractivity contribution is 6.31. The Hall–Kier alpha value is -7.75. The molecule has 276 valence electrons. The number of hydrogen-bond donors (Lipinski definition) is 1. The van der Waals surface area contributed by atoms with Crippen LogP contribution in [0, 0.1) is 0 Å². The minimum absolute atomic E-state index is 0.0191. The van der Waals surface area contributed by atoms with Crippen molar-refractivity contribution in [3.63, 3.8) is 0 Å². The lowest BCUT2D eigenvalue weighted by molar-refractivity contribution is 0.750. The summed E-state index contributed by atoms with van der Waals surface area (Å²) in [7, 11) is 0. The lowest BCUT2D eigenvalue weighted by atomic mass is 9.92. The van der Waals surface area contributed by atoms with Crippen LogP contribution in [0.25, 0.3) is 82.1 Å². The van der Waals surface area contributed by atoms with Crippen molar-refractivity contribution >= 4 is 65.6 Å². The third-order valence-electron chi connectivity index (χ3n) is 12.3. The summed E-state index contributed by atoms with van der Waals surface area (Å²) in [5.41, 5.74) is 12.8. The topological polar surface area (TPSA) is 29.3 Å². The standard InChI is InChI=1S/C56H37N3/c1-4-17-36(18-5-1)39-26-14-29-45-42(39)33-34-51-53(45)54-44-24-11-10-23-41(44)48(37-19-6-2-7-20-37)35-52(54)59(51)50-32-16-27-40-43(50)28-15-30-46(40)56-57-49-31-13-12-25-47(49)55(58-56)38-21-8-3-9-22-38/h1-35,55H,(H,57,58). The van der Waals surface area contributed by atoms with Gasteiger partial charge in [-0.15, -0.1) is 0 Å². The van der Waals surface area contributed by atoms with Gasteiger partial charge in [0, 0.05) is 27.3 Å². The molecule has 59 heavy (non-hydrogen) atoms. The van der Waals surface area contributed by atoms with Crippen LogP contribution in [0.2, 0.25) is 0 Å². The highest BCUT2D eigenvalue weighted by Gasteiger charge is 2.26. The smallest absolute Gasteiger partial charge is 0.135 e. The van der Waals surface area contributed by atoms with Crippen LogP contribution in [-0.4, -0.2) is 10.4 Å². The maximum absolute atomic E-state index is 5.28. The second kappa shape index (κ2) is 13.4. The maximum atomic E-state index is 5.28. The number of aromatic nitrogens is 1. The molecule has 11 aromatic rings. The van der Waals surface area contributed by atoms with Crippen LogP contribution in [0.1, 0.15) is 22.7 Å². The Morgan fingerprint density at radius 1 is 0.390 bits per heavy atom. The van der Waals surface area contributed by atoms with Crippen LogP contribution < -0.4 is 5.32 Å². The van der Waals surface area contributed by atoms with Gasteiger partial charge in [-0.3, -0.25) is 0 Å². The predicted molar refractivity (Wildman–Crippen MR) is 248 cm³/mol. The summed E-state index contributed by atoms with van der Waals surface area (Å²) in [4.78, 5) is 5.28. The van der Waals surface area contributed by atoms with Crippen molar-refractivity contribution < 1.29 is 0 Å². The van der Waals surface area contributed by atoms with E-state index in [-0.39, 0.29) is 6.04 Å². The first kappa shape index (κ1) is 33.4. The van der Waals surface area contributed by atoms with Gasteiger partial charge in [0.2, 0.25) is 0 Å². The van der Waals surface area contributed by atoms with E-state index in [1.54, 1.807) is 0 Å². The van der Waals surface area contributed by atoms with Gasteiger partial charge in [-0.2, -0.15) is 0 Å². The van der Waals surface area contributed by atoms with Gasteiger partial charge in [0.15, 0.2) is 0 Å². The average molecular weight is 752 g/mol. The lowest BCUT2D eigenvalue weighted by Crippen LogP contribution is -2.32. The molecule has 1 unspecified atom stereocenters. The molecule has 0 aliphatic carbocycles. The number of aliphatic imine (C=N–C) groups is 1. The number of benzene rings is 10. The number of hydrogen-bond acceptors (Lipinski definition) is 2. The third kappa shape index (κ3) is 5.25. The van der Waals surface area contributed by atoms with Crippen LogP contribution in [0.15, 0.2) is 217 Å². The van der Waals surface area contributed by atoms with Crippen LogP contribution in [0.5, 0.6) is 0 Å². The second-order valence-corrected chi connectivity index (χ2v) is 15.5. The van der Waals surface area contributed by atoms with Gasteiger partial charge in [-0.25, -0.2) is 4.99 Å². The summed E-state index contributed by atoms with van der Waals surface area (Å²) in [6, 6.07) is 77.0. The molecular weight excluding hydrogens is 715 g/mol. The largest absolute Gasteiger partial charge is 0.359 e. The molecule has 1 atom stereocenters. The zero-order chi connectivity index (χ0) is 38.9. The normalized spacial score (nSPS) is 13.8. The van der Waals surface area contributed by atoms with E-state index in [0.29, 0.717) is 0 Å². The summed E-state index contributed by atoms with van der Waals surface area (Å²) in [6.07, 6.45) is 0. The maximum Gasteiger partial charge on any atom is 0.135 e. The second-order valence-electron chi connectivity index (χ2n) is 15.5. The SMILES string of the molecule is c1ccc(-c2cccc3c2ccc2c3c3c4ccccc4c(-c4ccccc4)cc3n2-c2cccc3c(C4=Nc5ccccc5C(c5ccccc5)N4)cccc23)cc1. The average Bonchev–Trinajstić information content (AvgIpc) is 3.66. The lowest BCUT2D eigenvalue weighted by Gasteiger charge is -2.28. The summed E-state index contributed by atoms with van der Waals surface area (Å²) >= 11 is 0. The van der Waals surface area contributed by atoms with Gasteiger partial charge in [0.05, 0.1) is 28.5 Å². The molecule has 3 nitrogen and oxygen atoms in total.